The van der Waals surface area contributed by atoms with Crippen molar-refractivity contribution < 1.29 is 0 Å². The van der Waals surface area contributed by atoms with Gasteiger partial charge in [-0.05, 0) is 29.1 Å². The average molecular weight is 184 g/mol. The third-order valence-corrected chi connectivity index (χ3v) is 3.48. The zero-order chi connectivity index (χ0) is 10.8. The van der Waals surface area contributed by atoms with Crippen molar-refractivity contribution in [3.63, 3.8) is 0 Å². The van der Waals surface area contributed by atoms with E-state index in [1.165, 1.54) is 0 Å². The van der Waals surface area contributed by atoms with Gasteiger partial charge in [0.15, 0.2) is 0 Å². The molecule has 0 aromatic heterocycles. The van der Waals surface area contributed by atoms with E-state index in [9.17, 15) is 0 Å². The molecule has 0 saturated heterocycles. The predicted molar refractivity (Wildman–Crippen MR) is 61.8 cm³/mol. The molecule has 0 nitrogen and oxygen atoms in total. The fourth-order valence-electron chi connectivity index (χ4n) is 2.50. The van der Waals surface area contributed by atoms with Crippen LogP contribution in [0.1, 0.15) is 55.4 Å². The number of hydrogen-bond donors (Lipinski definition) is 0. The van der Waals surface area contributed by atoms with Gasteiger partial charge in [-0.15, -0.1) is 0 Å². The maximum atomic E-state index is 2.41. The number of hydrogen-bond acceptors (Lipinski definition) is 0. The molecule has 0 N–H and O–H groups in total. The third-order valence-electron chi connectivity index (χ3n) is 3.48. The first-order valence-electron chi connectivity index (χ1n) is 5.68. The quantitative estimate of drug-likeness (QED) is 0.601. The van der Waals surface area contributed by atoms with Crippen LogP contribution in [0.15, 0.2) is 0 Å². The first-order chi connectivity index (χ1) is 5.68. The SMILES string of the molecule is CC(C)C(C(C)C)C(C)C(C)(C)C. The lowest BCUT2D eigenvalue weighted by Gasteiger charge is -2.39. The Labute approximate surface area is 85.1 Å². The van der Waals surface area contributed by atoms with Gasteiger partial charge in [-0.3, -0.25) is 0 Å². The van der Waals surface area contributed by atoms with Gasteiger partial charge in [0.05, 0.1) is 0 Å². The Kier molecular flexibility index (Phi) is 4.48. The molecule has 0 aliphatic rings. The topological polar surface area (TPSA) is 0 Å². The summed E-state index contributed by atoms with van der Waals surface area (Å²) >= 11 is 0. The highest BCUT2D eigenvalue weighted by molar-refractivity contribution is 4.80. The van der Waals surface area contributed by atoms with Crippen LogP contribution in [-0.4, -0.2) is 0 Å². The Hall–Kier alpha value is 0. The molecule has 0 aromatic rings. The lowest BCUT2D eigenvalue weighted by atomic mass is 9.66. The third kappa shape index (κ3) is 3.70. The van der Waals surface area contributed by atoms with Gasteiger partial charge in [0.1, 0.15) is 0 Å². The van der Waals surface area contributed by atoms with Crippen LogP contribution >= 0.6 is 0 Å². The molecule has 0 aliphatic heterocycles. The summed E-state index contributed by atoms with van der Waals surface area (Å²) in [6, 6.07) is 0. The molecule has 1 unspecified atom stereocenters. The molecular formula is C13H28. The Morgan fingerprint density at radius 3 is 1.08 bits per heavy atom. The van der Waals surface area contributed by atoms with Crippen LogP contribution in [0, 0.1) is 29.1 Å². The molecule has 0 fully saturated rings. The van der Waals surface area contributed by atoms with Gasteiger partial charge in [0.25, 0.3) is 0 Å². The molecule has 0 radical (unpaired) electrons. The minimum absolute atomic E-state index is 0.444. The number of rotatable bonds is 3. The minimum Gasteiger partial charge on any atom is -0.0625 e. The maximum absolute atomic E-state index is 2.41. The van der Waals surface area contributed by atoms with Crippen molar-refractivity contribution in [1.82, 2.24) is 0 Å². The summed E-state index contributed by atoms with van der Waals surface area (Å²) < 4.78 is 0. The van der Waals surface area contributed by atoms with Crippen molar-refractivity contribution in [2.75, 3.05) is 0 Å². The smallest absolute Gasteiger partial charge is 0.0337 e. The first-order valence-corrected chi connectivity index (χ1v) is 5.68. The van der Waals surface area contributed by atoms with Crippen LogP contribution in [-0.2, 0) is 0 Å². The lowest BCUT2D eigenvalue weighted by Crippen LogP contribution is -2.32. The highest BCUT2D eigenvalue weighted by Crippen LogP contribution is 2.39. The van der Waals surface area contributed by atoms with E-state index in [4.69, 9.17) is 0 Å². The van der Waals surface area contributed by atoms with E-state index < -0.39 is 0 Å². The van der Waals surface area contributed by atoms with E-state index in [0.717, 1.165) is 23.7 Å². The molecule has 0 rings (SSSR count). The van der Waals surface area contributed by atoms with Gasteiger partial charge in [0.2, 0.25) is 0 Å². The predicted octanol–water partition coefficient (Wildman–Crippen LogP) is 4.60. The van der Waals surface area contributed by atoms with Gasteiger partial charge >= 0.3 is 0 Å². The van der Waals surface area contributed by atoms with Crippen molar-refractivity contribution in [2.24, 2.45) is 29.1 Å². The second-order valence-corrected chi connectivity index (χ2v) is 6.22. The highest BCUT2D eigenvalue weighted by Gasteiger charge is 2.31. The highest BCUT2D eigenvalue weighted by atomic mass is 14.4. The zero-order valence-corrected chi connectivity index (χ0v) is 10.8. The van der Waals surface area contributed by atoms with E-state index in [2.05, 4.69) is 55.4 Å². The molecule has 0 aromatic carbocycles. The Balaban J connectivity index is 4.56. The summed E-state index contributed by atoms with van der Waals surface area (Å²) in [5.74, 6) is 3.25. The molecule has 0 heteroatoms. The Morgan fingerprint density at radius 2 is 1.00 bits per heavy atom. The second kappa shape index (κ2) is 4.48. The summed E-state index contributed by atoms with van der Waals surface area (Å²) in [5, 5.41) is 0. The van der Waals surface area contributed by atoms with Crippen molar-refractivity contribution in [1.29, 1.82) is 0 Å². The van der Waals surface area contributed by atoms with Crippen LogP contribution in [0.25, 0.3) is 0 Å². The monoisotopic (exact) mass is 184 g/mol. The summed E-state index contributed by atoms with van der Waals surface area (Å²) in [6.07, 6.45) is 0. The molecule has 1 atom stereocenters. The normalized spacial score (nSPS) is 15.9. The first kappa shape index (κ1) is 13.0. The summed E-state index contributed by atoms with van der Waals surface area (Å²) in [5.41, 5.74) is 0.444. The summed E-state index contributed by atoms with van der Waals surface area (Å²) in [6.45, 7) is 18.9. The van der Waals surface area contributed by atoms with Crippen molar-refractivity contribution in [2.45, 2.75) is 55.4 Å². The van der Waals surface area contributed by atoms with Crippen LogP contribution < -0.4 is 0 Å². The van der Waals surface area contributed by atoms with Crippen molar-refractivity contribution >= 4 is 0 Å². The molecule has 0 spiro atoms. The summed E-state index contributed by atoms with van der Waals surface area (Å²) in [7, 11) is 0. The largest absolute Gasteiger partial charge is 0.0625 e. The molecule has 0 bridgehead atoms. The Morgan fingerprint density at radius 1 is 0.692 bits per heavy atom. The summed E-state index contributed by atoms with van der Waals surface area (Å²) in [4.78, 5) is 0. The molecular weight excluding hydrogens is 156 g/mol. The molecule has 0 heterocycles. The molecule has 0 amide bonds. The van der Waals surface area contributed by atoms with Gasteiger partial charge in [0, 0.05) is 0 Å². The van der Waals surface area contributed by atoms with Crippen LogP contribution in [0.3, 0.4) is 0 Å². The van der Waals surface area contributed by atoms with Crippen molar-refractivity contribution in [3.05, 3.63) is 0 Å². The lowest BCUT2D eigenvalue weighted by molar-refractivity contribution is 0.100. The fourth-order valence-corrected chi connectivity index (χ4v) is 2.50. The zero-order valence-electron chi connectivity index (χ0n) is 10.8. The van der Waals surface area contributed by atoms with Crippen LogP contribution in [0.2, 0.25) is 0 Å². The van der Waals surface area contributed by atoms with Gasteiger partial charge in [-0.2, -0.15) is 0 Å². The van der Waals surface area contributed by atoms with E-state index in [1.807, 2.05) is 0 Å². The van der Waals surface area contributed by atoms with Gasteiger partial charge < -0.3 is 0 Å². The van der Waals surface area contributed by atoms with Crippen LogP contribution in [0.5, 0.6) is 0 Å². The van der Waals surface area contributed by atoms with E-state index in [1.54, 1.807) is 0 Å². The van der Waals surface area contributed by atoms with Crippen molar-refractivity contribution in [3.8, 4) is 0 Å². The van der Waals surface area contributed by atoms with Gasteiger partial charge in [-0.25, -0.2) is 0 Å². The molecule has 0 aliphatic carbocycles. The van der Waals surface area contributed by atoms with E-state index in [0.29, 0.717) is 5.41 Å². The molecule has 13 heavy (non-hydrogen) atoms. The molecule has 80 valence electrons. The van der Waals surface area contributed by atoms with E-state index in [-0.39, 0.29) is 0 Å². The Bertz CT molecular complexity index is 129. The molecule has 0 saturated carbocycles. The standard InChI is InChI=1S/C13H28/c1-9(2)12(10(3)4)11(5)13(6,7)8/h9-12H,1-8H3. The second-order valence-electron chi connectivity index (χ2n) is 6.22. The fraction of sp³-hybridized carbons (Fsp3) is 1.00. The maximum Gasteiger partial charge on any atom is -0.0337 e. The van der Waals surface area contributed by atoms with Crippen LogP contribution in [0.4, 0.5) is 0 Å². The minimum atomic E-state index is 0.444. The van der Waals surface area contributed by atoms with Gasteiger partial charge in [-0.1, -0.05) is 55.4 Å². The van der Waals surface area contributed by atoms with E-state index >= 15 is 0 Å². The average Bonchev–Trinajstić information content (AvgIpc) is 1.82.